The zero-order valence-electron chi connectivity index (χ0n) is 29.1. The maximum atomic E-state index is 12.8. The van der Waals surface area contributed by atoms with Gasteiger partial charge in [0.05, 0.1) is 29.0 Å². The van der Waals surface area contributed by atoms with Crippen molar-refractivity contribution in [2.75, 3.05) is 51.1 Å². The van der Waals surface area contributed by atoms with E-state index >= 15 is 0 Å². The van der Waals surface area contributed by atoms with Crippen molar-refractivity contribution < 1.29 is 36.9 Å². The molecule has 8 nitrogen and oxygen atoms in total. The Morgan fingerprint density at radius 3 is 2.47 bits per heavy atom. The fourth-order valence-electron chi connectivity index (χ4n) is 5.37. The van der Waals surface area contributed by atoms with E-state index < -0.39 is 18.4 Å². The Hall–Kier alpha value is -4.27. The Kier molecular flexibility index (Phi) is 14.8. The molecular weight excluding hydrogens is 635 g/mol. The molecule has 0 aromatic heterocycles. The fraction of sp³-hybridized carbons (Fsp3) is 0.474. The minimum atomic E-state index is -4.49. The van der Waals surface area contributed by atoms with Crippen molar-refractivity contribution >= 4 is 11.7 Å². The molecule has 0 bridgehead atoms. The molecule has 0 saturated carbocycles. The summed E-state index contributed by atoms with van der Waals surface area (Å²) in [5, 5.41) is 10.1. The number of ether oxygens (including phenoxy) is 4. The number of allylic oxidation sites excluding steroid dienone is 3. The SMILES string of the molecule is C=C/C(OCCN(COC(C)(C)C)C(C)Cc1cc(C#N)c2c(c1)CCN2CCCOC(=O)c1ccccc1)=C(\C=C/C)OCC(F)(F)F. The van der Waals surface area contributed by atoms with Gasteiger partial charge in [0, 0.05) is 25.7 Å². The van der Waals surface area contributed by atoms with Crippen molar-refractivity contribution in [1.82, 2.24) is 4.90 Å². The third kappa shape index (κ3) is 12.9. The molecule has 0 fully saturated rings. The van der Waals surface area contributed by atoms with Crippen LogP contribution in [0, 0.1) is 11.3 Å². The van der Waals surface area contributed by atoms with Crippen molar-refractivity contribution in [3.63, 3.8) is 0 Å². The number of alkyl halides is 3. The van der Waals surface area contributed by atoms with E-state index in [4.69, 9.17) is 18.9 Å². The summed E-state index contributed by atoms with van der Waals surface area (Å²) in [6.07, 6.45) is 1.90. The number of anilines is 1. The van der Waals surface area contributed by atoms with Gasteiger partial charge >= 0.3 is 12.1 Å². The summed E-state index contributed by atoms with van der Waals surface area (Å²) >= 11 is 0. The molecule has 1 aliphatic heterocycles. The highest BCUT2D eigenvalue weighted by molar-refractivity contribution is 5.89. The first-order valence-electron chi connectivity index (χ1n) is 16.5. The van der Waals surface area contributed by atoms with E-state index in [1.165, 1.54) is 12.2 Å². The number of hydrogen-bond donors (Lipinski definition) is 0. The van der Waals surface area contributed by atoms with Crippen LogP contribution in [0.4, 0.5) is 18.9 Å². The minimum Gasteiger partial charge on any atom is -0.488 e. The number of fused-ring (bicyclic) bond motifs is 1. The number of carbonyl (C=O) groups excluding carboxylic acids is 1. The molecule has 0 amide bonds. The largest absolute Gasteiger partial charge is 0.488 e. The van der Waals surface area contributed by atoms with E-state index in [1.54, 1.807) is 37.3 Å². The summed E-state index contributed by atoms with van der Waals surface area (Å²) < 4.78 is 60.8. The van der Waals surface area contributed by atoms with Crippen molar-refractivity contribution in [1.29, 1.82) is 5.26 Å². The van der Waals surface area contributed by atoms with Crippen molar-refractivity contribution in [2.24, 2.45) is 0 Å². The monoisotopic (exact) mass is 683 g/mol. The molecule has 0 saturated heterocycles. The Morgan fingerprint density at radius 2 is 1.84 bits per heavy atom. The molecule has 0 radical (unpaired) electrons. The van der Waals surface area contributed by atoms with Crippen LogP contribution in [-0.2, 0) is 31.8 Å². The lowest BCUT2D eigenvalue weighted by Gasteiger charge is -2.32. The van der Waals surface area contributed by atoms with Gasteiger partial charge in [-0.1, -0.05) is 36.9 Å². The highest BCUT2D eigenvalue weighted by Gasteiger charge is 2.29. The molecule has 2 aromatic carbocycles. The summed E-state index contributed by atoms with van der Waals surface area (Å²) in [5.74, 6) is -0.286. The highest BCUT2D eigenvalue weighted by Crippen LogP contribution is 2.33. The van der Waals surface area contributed by atoms with Gasteiger partial charge in [-0.25, -0.2) is 4.79 Å². The summed E-state index contributed by atoms with van der Waals surface area (Å²) in [7, 11) is 0. The molecule has 1 atom stereocenters. The highest BCUT2D eigenvalue weighted by atomic mass is 19.4. The number of nitrogens with zero attached hydrogens (tertiary/aromatic N) is 3. The minimum absolute atomic E-state index is 0.0278. The zero-order chi connectivity index (χ0) is 36.0. The number of benzene rings is 2. The van der Waals surface area contributed by atoms with Crippen LogP contribution in [0.25, 0.3) is 0 Å². The molecule has 0 N–H and O–H groups in total. The first-order valence-corrected chi connectivity index (χ1v) is 16.5. The summed E-state index contributed by atoms with van der Waals surface area (Å²) in [6.45, 7) is 14.5. The van der Waals surface area contributed by atoms with E-state index in [-0.39, 0.29) is 36.7 Å². The van der Waals surface area contributed by atoms with Crippen LogP contribution >= 0.6 is 0 Å². The average molecular weight is 684 g/mol. The van der Waals surface area contributed by atoms with Crippen LogP contribution in [0.2, 0.25) is 0 Å². The summed E-state index contributed by atoms with van der Waals surface area (Å²) in [5.41, 5.74) is 3.79. The molecule has 2 aromatic rings. The molecule has 1 heterocycles. The number of nitriles is 1. The second kappa shape index (κ2) is 18.5. The molecule has 49 heavy (non-hydrogen) atoms. The molecule has 1 unspecified atom stereocenters. The van der Waals surface area contributed by atoms with Gasteiger partial charge in [-0.05, 0) is 95.4 Å². The molecule has 0 aliphatic carbocycles. The number of rotatable bonds is 18. The van der Waals surface area contributed by atoms with Crippen molar-refractivity contribution in [3.05, 3.63) is 101 Å². The van der Waals surface area contributed by atoms with Gasteiger partial charge < -0.3 is 23.8 Å². The molecule has 1 aliphatic rings. The average Bonchev–Trinajstić information content (AvgIpc) is 3.46. The van der Waals surface area contributed by atoms with Gasteiger partial charge in [-0.3, -0.25) is 4.90 Å². The maximum Gasteiger partial charge on any atom is 0.422 e. The van der Waals surface area contributed by atoms with E-state index in [1.807, 2.05) is 32.9 Å². The van der Waals surface area contributed by atoms with Crippen LogP contribution in [0.15, 0.2) is 78.8 Å². The Morgan fingerprint density at radius 1 is 1.10 bits per heavy atom. The smallest absolute Gasteiger partial charge is 0.422 e. The first kappa shape index (κ1) is 39.2. The van der Waals surface area contributed by atoms with Gasteiger partial charge in [-0.15, -0.1) is 0 Å². The van der Waals surface area contributed by atoms with Gasteiger partial charge in [-0.2, -0.15) is 18.4 Å². The Balaban J connectivity index is 1.66. The number of esters is 1. The molecule has 266 valence electrons. The summed E-state index contributed by atoms with van der Waals surface area (Å²) in [6, 6.07) is 15.3. The number of halogens is 3. The zero-order valence-corrected chi connectivity index (χ0v) is 29.1. The van der Waals surface area contributed by atoms with Gasteiger partial charge in [0.1, 0.15) is 19.4 Å². The Labute approximate surface area is 288 Å². The van der Waals surface area contributed by atoms with E-state index in [0.29, 0.717) is 43.8 Å². The standard InChI is InChI=1S/C38H48F3N3O5/c1-7-13-34(48-26-38(39,40)41)33(8-2)46-21-19-44(27-49-37(4,5)6)28(3)22-29-23-31-16-18-43(35(31)32(24-29)25-42)17-12-20-47-36(45)30-14-10-9-11-15-30/h7-11,13-15,23-24,28H,2,12,16-22,26-27H2,1,3-6H3/b13-7-,34-33-. The lowest BCUT2D eigenvalue weighted by Crippen LogP contribution is -2.41. The van der Waals surface area contributed by atoms with E-state index in [9.17, 15) is 23.2 Å². The van der Waals surface area contributed by atoms with Gasteiger partial charge in [0.15, 0.2) is 18.1 Å². The van der Waals surface area contributed by atoms with Crippen molar-refractivity contribution in [3.8, 4) is 6.07 Å². The normalized spacial score (nSPS) is 14.3. The van der Waals surface area contributed by atoms with Gasteiger partial charge in [0.25, 0.3) is 0 Å². The predicted octanol–water partition coefficient (Wildman–Crippen LogP) is 7.74. The Bertz CT molecular complexity index is 1490. The van der Waals surface area contributed by atoms with Crippen LogP contribution in [0.1, 0.15) is 68.1 Å². The first-order chi connectivity index (χ1) is 23.2. The number of carbonyl (C=O) groups is 1. The summed E-state index contributed by atoms with van der Waals surface area (Å²) in [4.78, 5) is 16.5. The quantitative estimate of drug-likeness (QED) is 0.0519. The fourth-order valence-corrected chi connectivity index (χ4v) is 5.37. The molecule has 0 spiro atoms. The van der Waals surface area contributed by atoms with Crippen LogP contribution < -0.4 is 4.90 Å². The van der Waals surface area contributed by atoms with Crippen LogP contribution in [0.5, 0.6) is 0 Å². The number of hydrogen-bond acceptors (Lipinski definition) is 8. The van der Waals surface area contributed by atoms with Gasteiger partial charge in [0.2, 0.25) is 0 Å². The van der Waals surface area contributed by atoms with E-state index in [2.05, 4.69) is 35.4 Å². The molecule has 3 rings (SSSR count). The second-order valence-electron chi connectivity index (χ2n) is 12.8. The van der Waals surface area contributed by atoms with Crippen LogP contribution in [0.3, 0.4) is 0 Å². The third-order valence-electron chi connectivity index (χ3n) is 7.74. The van der Waals surface area contributed by atoms with Crippen molar-refractivity contribution in [2.45, 2.75) is 71.7 Å². The molecular formula is C38H48F3N3O5. The topological polar surface area (TPSA) is 84.3 Å². The predicted molar refractivity (Wildman–Crippen MR) is 184 cm³/mol. The lowest BCUT2D eigenvalue weighted by atomic mass is 9.98. The maximum absolute atomic E-state index is 12.8. The lowest BCUT2D eigenvalue weighted by molar-refractivity contribution is -0.164. The second-order valence-corrected chi connectivity index (χ2v) is 12.8. The molecule has 11 heteroatoms. The van der Waals surface area contributed by atoms with E-state index in [0.717, 1.165) is 29.8 Å². The van der Waals surface area contributed by atoms with Crippen LogP contribution in [-0.4, -0.2) is 74.9 Å². The third-order valence-corrected chi connectivity index (χ3v) is 7.74.